The Morgan fingerprint density at radius 3 is 2.20 bits per heavy atom. The van der Waals surface area contributed by atoms with Gasteiger partial charge in [-0.3, -0.25) is 9.69 Å². The van der Waals surface area contributed by atoms with Crippen molar-refractivity contribution in [3.8, 4) is 0 Å². The topological polar surface area (TPSA) is 32.3 Å². The summed E-state index contributed by atoms with van der Waals surface area (Å²) in [5.74, 6) is 0.722. The minimum Gasteiger partial charge on any atom is -0.336 e. The highest BCUT2D eigenvalue weighted by molar-refractivity contribution is 5.49. The summed E-state index contributed by atoms with van der Waals surface area (Å²) in [5, 5.41) is 3.14. The summed E-state index contributed by atoms with van der Waals surface area (Å²) in [5.41, 5.74) is 2.21. The predicted molar refractivity (Wildman–Crippen MR) is 102 cm³/mol. The standard InChI is InChI=1S/C22H28N2O/c1-2-22(23-18-25,21-11-7-4-8-12-21)24-15-13-20(14-16-24)17-19-9-5-3-6-10-19/h3-12,18,20H,2,13-17H2,1H3,(H,23,25). The third kappa shape index (κ3) is 3.93. The molecule has 2 aromatic rings. The molecule has 1 aliphatic rings. The third-order valence-corrected chi connectivity index (χ3v) is 5.58. The molecule has 1 fully saturated rings. The van der Waals surface area contributed by atoms with Gasteiger partial charge < -0.3 is 5.32 Å². The van der Waals surface area contributed by atoms with Crippen LogP contribution in [0.2, 0.25) is 0 Å². The number of likely N-dealkylation sites (tertiary alicyclic amines) is 1. The summed E-state index contributed by atoms with van der Waals surface area (Å²) in [7, 11) is 0. The lowest BCUT2D eigenvalue weighted by Crippen LogP contribution is -2.57. The highest BCUT2D eigenvalue weighted by atomic mass is 16.1. The monoisotopic (exact) mass is 336 g/mol. The minimum absolute atomic E-state index is 0.388. The largest absolute Gasteiger partial charge is 0.336 e. The van der Waals surface area contributed by atoms with Crippen molar-refractivity contribution in [1.29, 1.82) is 0 Å². The molecule has 0 aliphatic carbocycles. The van der Waals surface area contributed by atoms with Gasteiger partial charge in [0.05, 0.1) is 0 Å². The molecule has 1 N–H and O–H groups in total. The van der Waals surface area contributed by atoms with Crippen molar-refractivity contribution in [2.75, 3.05) is 13.1 Å². The maximum atomic E-state index is 11.4. The lowest BCUT2D eigenvalue weighted by atomic mass is 9.86. The molecule has 25 heavy (non-hydrogen) atoms. The Kier molecular flexibility index (Phi) is 5.87. The highest BCUT2D eigenvalue weighted by Gasteiger charge is 2.38. The lowest BCUT2D eigenvalue weighted by molar-refractivity contribution is -0.115. The van der Waals surface area contributed by atoms with Crippen LogP contribution < -0.4 is 5.32 Å². The molecule has 2 aromatic carbocycles. The van der Waals surface area contributed by atoms with E-state index in [0.717, 1.165) is 38.3 Å². The van der Waals surface area contributed by atoms with Crippen LogP contribution in [0.25, 0.3) is 0 Å². The van der Waals surface area contributed by atoms with Crippen molar-refractivity contribution in [2.45, 2.75) is 38.3 Å². The Hall–Kier alpha value is -2.13. The molecule has 3 heteroatoms. The van der Waals surface area contributed by atoms with E-state index in [2.05, 4.69) is 59.6 Å². The number of benzene rings is 2. The van der Waals surface area contributed by atoms with Gasteiger partial charge in [0, 0.05) is 13.1 Å². The van der Waals surface area contributed by atoms with Crippen LogP contribution in [0.5, 0.6) is 0 Å². The van der Waals surface area contributed by atoms with Gasteiger partial charge in [0.15, 0.2) is 0 Å². The number of hydrogen-bond donors (Lipinski definition) is 1. The van der Waals surface area contributed by atoms with Crippen LogP contribution in [0, 0.1) is 5.92 Å². The Morgan fingerprint density at radius 1 is 1.04 bits per heavy atom. The summed E-state index contributed by atoms with van der Waals surface area (Å²) in [6.45, 7) is 4.18. The van der Waals surface area contributed by atoms with E-state index in [9.17, 15) is 4.79 Å². The zero-order valence-corrected chi connectivity index (χ0v) is 15.0. The Balaban J connectivity index is 1.71. The molecule has 1 aliphatic heterocycles. The number of amides is 1. The number of rotatable bonds is 7. The fourth-order valence-corrected chi connectivity index (χ4v) is 4.16. The molecule has 0 aromatic heterocycles. The zero-order chi connectivity index (χ0) is 17.5. The second kappa shape index (κ2) is 8.30. The van der Waals surface area contributed by atoms with Crippen LogP contribution in [-0.4, -0.2) is 24.4 Å². The van der Waals surface area contributed by atoms with Crippen molar-refractivity contribution in [3.05, 3.63) is 71.8 Å². The van der Waals surface area contributed by atoms with Crippen molar-refractivity contribution < 1.29 is 4.79 Å². The maximum absolute atomic E-state index is 11.4. The van der Waals surface area contributed by atoms with Crippen LogP contribution in [-0.2, 0) is 16.9 Å². The summed E-state index contributed by atoms with van der Waals surface area (Å²) in [6, 6.07) is 21.1. The number of nitrogens with zero attached hydrogens (tertiary/aromatic N) is 1. The van der Waals surface area contributed by atoms with Crippen molar-refractivity contribution in [2.24, 2.45) is 5.92 Å². The molecule has 1 heterocycles. The molecular weight excluding hydrogens is 308 g/mol. The van der Waals surface area contributed by atoms with E-state index in [1.807, 2.05) is 18.2 Å². The Labute approximate surface area is 151 Å². The van der Waals surface area contributed by atoms with E-state index in [1.54, 1.807) is 0 Å². The molecule has 132 valence electrons. The maximum Gasteiger partial charge on any atom is 0.208 e. The van der Waals surface area contributed by atoms with Gasteiger partial charge >= 0.3 is 0 Å². The fraction of sp³-hybridized carbons (Fsp3) is 0.409. The zero-order valence-electron chi connectivity index (χ0n) is 15.0. The van der Waals surface area contributed by atoms with Crippen molar-refractivity contribution >= 4 is 6.41 Å². The first-order valence-electron chi connectivity index (χ1n) is 9.34. The second-order valence-corrected chi connectivity index (χ2v) is 6.96. The van der Waals surface area contributed by atoms with Gasteiger partial charge in [-0.15, -0.1) is 0 Å². The quantitative estimate of drug-likeness (QED) is 0.777. The molecule has 1 atom stereocenters. The van der Waals surface area contributed by atoms with Crippen molar-refractivity contribution in [1.82, 2.24) is 10.2 Å². The van der Waals surface area contributed by atoms with Gasteiger partial charge in [-0.05, 0) is 42.7 Å². The Morgan fingerprint density at radius 2 is 1.64 bits per heavy atom. The smallest absolute Gasteiger partial charge is 0.208 e. The van der Waals surface area contributed by atoms with E-state index < -0.39 is 0 Å². The van der Waals surface area contributed by atoms with Gasteiger partial charge in [0.1, 0.15) is 5.66 Å². The highest BCUT2D eigenvalue weighted by Crippen LogP contribution is 2.33. The second-order valence-electron chi connectivity index (χ2n) is 6.96. The molecule has 3 nitrogen and oxygen atoms in total. The number of carbonyl (C=O) groups excluding carboxylic acids is 1. The van der Waals surface area contributed by atoms with Gasteiger partial charge in [-0.25, -0.2) is 0 Å². The fourth-order valence-electron chi connectivity index (χ4n) is 4.16. The first-order chi connectivity index (χ1) is 12.3. The summed E-state index contributed by atoms with van der Waals surface area (Å²) >= 11 is 0. The van der Waals surface area contributed by atoms with Crippen LogP contribution >= 0.6 is 0 Å². The van der Waals surface area contributed by atoms with Gasteiger partial charge in [-0.1, -0.05) is 67.6 Å². The van der Waals surface area contributed by atoms with E-state index in [0.29, 0.717) is 0 Å². The van der Waals surface area contributed by atoms with Crippen LogP contribution in [0.1, 0.15) is 37.3 Å². The van der Waals surface area contributed by atoms with Gasteiger partial charge in [0.2, 0.25) is 6.41 Å². The average molecular weight is 336 g/mol. The molecule has 0 bridgehead atoms. The van der Waals surface area contributed by atoms with Crippen LogP contribution in [0.3, 0.4) is 0 Å². The Bertz CT molecular complexity index is 650. The van der Waals surface area contributed by atoms with Crippen LogP contribution in [0.4, 0.5) is 0 Å². The first kappa shape index (κ1) is 17.7. The normalized spacial score (nSPS) is 18.4. The molecule has 0 radical (unpaired) electrons. The number of carbonyl (C=O) groups is 1. The molecule has 1 unspecified atom stereocenters. The van der Waals surface area contributed by atoms with E-state index in [1.165, 1.54) is 24.0 Å². The molecule has 0 saturated carbocycles. The van der Waals surface area contributed by atoms with E-state index in [-0.39, 0.29) is 5.66 Å². The SMILES string of the molecule is CCC(NC=O)(c1ccccc1)N1CCC(Cc2ccccc2)CC1. The average Bonchev–Trinajstić information content (AvgIpc) is 2.68. The minimum atomic E-state index is -0.388. The van der Waals surface area contributed by atoms with Gasteiger partial charge in [-0.2, -0.15) is 0 Å². The number of piperidine rings is 1. The van der Waals surface area contributed by atoms with E-state index in [4.69, 9.17) is 0 Å². The summed E-state index contributed by atoms with van der Waals surface area (Å²) in [6.07, 6.45) is 5.21. The molecule has 1 saturated heterocycles. The third-order valence-electron chi connectivity index (χ3n) is 5.58. The summed E-state index contributed by atoms with van der Waals surface area (Å²) in [4.78, 5) is 13.8. The molecular formula is C22H28N2O. The predicted octanol–water partition coefficient (Wildman–Crippen LogP) is 3.95. The number of nitrogens with one attached hydrogen (secondary N) is 1. The lowest BCUT2D eigenvalue weighted by Gasteiger charge is -2.47. The van der Waals surface area contributed by atoms with Gasteiger partial charge in [0.25, 0.3) is 0 Å². The molecule has 0 spiro atoms. The van der Waals surface area contributed by atoms with Crippen molar-refractivity contribution in [3.63, 3.8) is 0 Å². The first-order valence-corrected chi connectivity index (χ1v) is 9.34. The summed E-state index contributed by atoms with van der Waals surface area (Å²) < 4.78 is 0. The number of hydrogen-bond acceptors (Lipinski definition) is 2. The van der Waals surface area contributed by atoms with Crippen LogP contribution in [0.15, 0.2) is 60.7 Å². The molecule has 1 amide bonds. The van der Waals surface area contributed by atoms with E-state index >= 15 is 0 Å². The molecule has 3 rings (SSSR count).